The Morgan fingerprint density at radius 3 is 2.35 bits per heavy atom. The van der Waals surface area contributed by atoms with E-state index in [4.69, 9.17) is 4.42 Å². The van der Waals surface area contributed by atoms with Crippen LogP contribution in [0, 0.1) is 13.8 Å². The summed E-state index contributed by atoms with van der Waals surface area (Å²) < 4.78 is 5.18. The maximum atomic E-state index is 5.18. The Morgan fingerprint density at radius 2 is 1.75 bits per heavy atom. The molecule has 0 saturated carbocycles. The molecule has 2 nitrogen and oxygen atoms in total. The van der Waals surface area contributed by atoms with Crippen molar-refractivity contribution >= 4 is 0 Å². The summed E-state index contributed by atoms with van der Waals surface area (Å²) in [5.74, 6) is 0. The Bertz CT molecular complexity index is 496. The number of benzene rings is 1. The second-order valence-electron chi connectivity index (χ2n) is 5.69. The molecule has 0 aliphatic heterocycles. The molecule has 0 saturated heterocycles. The van der Waals surface area contributed by atoms with Crippen molar-refractivity contribution in [1.29, 1.82) is 0 Å². The molecule has 108 valence electrons. The molecular formula is C18H25NO. The summed E-state index contributed by atoms with van der Waals surface area (Å²) in [5, 5.41) is 3.65. The molecule has 0 radical (unpaired) electrons. The van der Waals surface area contributed by atoms with E-state index in [1.807, 2.05) is 6.26 Å². The summed E-state index contributed by atoms with van der Waals surface area (Å²) in [5.41, 5.74) is 5.37. The van der Waals surface area contributed by atoms with Crippen LogP contribution in [-0.4, -0.2) is 12.6 Å². The maximum Gasteiger partial charge on any atom is 0.0935 e. The summed E-state index contributed by atoms with van der Waals surface area (Å²) in [7, 11) is 0. The van der Waals surface area contributed by atoms with Gasteiger partial charge in [-0.25, -0.2) is 0 Å². The zero-order chi connectivity index (χ0) is 14.4. The van der Waals surface area contributed by atoms with Gasteiger partial charge in [0.25, 0.3) is 0 Å². The number of furan rings is 1. The van der Waals surface area contributed by atoms with E-state index < -0.39 is 0 Å². The number of hydrogen-bond donors (Lipinski definition) is 1. The highest BCUT2D eigenvalue weighted by Gasteiger charge is 2.11. The van der Waals surface area contributed by atoms with E-state index in [1.165, 1.54) is 22.3 Å². The number of hydrogen-bond acceptors (Lipinski definition) is 2. The van der Waals surface area contributed by atoms with Gasteiger partial charge in [-0.05, 0) is 56.8 Å². The lowest BCUT2D eigenvalue weighted by atomic mass is 9.97. The van der Waals surface area contributed by atoms with E-state index in [9.17, 15) is 0 Å². The first-order chi connectivity index (χ1) is 9.67. The fourth-order valence-corrected chi connectivity index (χ4v) is 2.73. The van der Waals surface area contributed by atoms with Crippen molar-refractivity contribution < 1.29 is 4.42 Å². The predicted molar refractivity (Wildman–Crippen MR) is 84.1 cm³/mol. The van der Waals surface area contributed by atoms with Crippen LogP contribution in [0.5, 0.6) is 0 Å². The van der Waals surface area contributed by atoms with Gasteiger partial charge in [0.1, 0.15) is 0 Å². The van der Waals surface area contributed by atoms with Gasteiger partial charge in [-0.15, -0.1) is 0 Å². The van der Waals surface area contributed by atoms with Gasteiger partial charge >= 0.3 is 0 Å². The van der Waals surface area contributed by atoms with Crippen LogP contribution < -0.4 is 5.32 Å². The Kier molecular flexibility index (Phi) is 5.42. The molecule has 0 fully saturated rings. The molecule has 1 N–H and O–H groups in total. The predicted octanol–water partition coefficient (Wildman–Crippen LogP) is 4.05. The van der Waals surface area contributed by atoms with Gasteiger partial charge in [-0.1, -0.05) is 36.2 Å². The fourth-order valence-electron chi connectivity index (χ4n) is 2.73. The SMILES string of the molecule is CCCNC(Cc1ccoc1)Cc1cc(C)cc(C)c1. The number of nitrogens with one attached hydrogen (secondary N) is 1. The molecule has 2 heteroatoms. The first kappa shape index (κ1) is 14.9. The zero-order valence-electron chi connectivity index (χ0n) is 12.8. The second-order valence-corrected chi connectivity index (χ2v) is 5.69. The minimum atomic E-state index is 0.466. The Labute approximate surface area is 122 Å². The van der Waals surface area contributed by atoms with E-state index >= 15 is 0 Å². The third-order valence-electron chi connectivity index (χ3n) is 3.51. The standard InChI is InChI=1S/C18H25NO/c1-4-6-19-18(11-16-5-7-20-13-16)12-17-9-14(2)8-15(3)10-17/h5,7-10,13,18-19H,4,6,11-12H2,1-3H3. The smallest absolute Gasteiger partial charge is 0.0935 e. The lowest BCUT2D eigenvalue weighted by Gasteiger charge is -2.18. The molecule has 0 amide bonds. The summed E-state index contributed by atoms with van der Waals surface area (Å²) in [4.78, 5) is 0. The Morgan fingerprint density at radius 1 is 1.05 bits per heavy atom. The highest BCUT2D eigenvalue weighted by Crippen LogP contribution is 2.14. The number of rotatable bonds is 7. The monoisotopic (exact) mass is 271 g/mol. The molecule has 0 aliphatic rings. The van der Waals surface area contributed by atoms with Gasteiger partial charge in [0.2, 0.25) is 0 Å². The third-order valence-corrected chi connectivity index (χ3v) is 3.51. The van der Waals surface area contributed by atoms with Gasteiger partial charge < -0.3 is 9.73 Å². The molecule has 1 heterocycles. The van der Waals surface area contributed by atoms with Crippen LogP contribution in [0.15, 0.2) is 41.2 Å². The van der Waals surface area contributed by atoms with Crippen molar-refractivity contribution in [1.82, 2.24) is 5.32 Å². The zero-order valence-corrected chi connectivity index (χ0v) is 12.8. The first-order valence-corrected chi connectivity index (χ1v) is 7.49. The lowest BCUT2D eigenvalue weighted by molar-refractivity contribution is 0.499. The van der Waals surface area contributed by atoms with Crippen molar-refractivity contribution in [3.8, 4) is 0 Å². The third kappa shape index (κ3) is 4.53. The summed E-state index contributed by atoms with van der Waals surface area (Å²) in [6, 6.07) is 9.34. The van der Waals surface area contributed by atoms with E-state index in [0.717, 1.165) is 25.8 Å². The quantitative estimate of drug-likeness (QED) is 0.822. The van der Waals surface area contributed by atoms with Gasteiger partial charge in [-0.2, -0.15) is 0 Å². The molecule has 0 aliphatic carbocycles. The van der Waals surface area contributed by atoms with Crippen LogP contribution in [-0.2, 0) is 12.8 Å². The summed E-state index contributed by atoms with van der Waals surface area (Å²) >= 11 is 0. The fraction of sp³-hybridized carbons (Fsp3) is 0.444. The molecule has 2 aromatic rings. The second kappa shape index (κ2) is 7.30. The van der Waals surface area contributed by atoms with Gasteiger partial charge in [0.05, 0.1) is 12.5 Å². The highest BCUT2D eigenvalue weighted by molar-refractivity contribution is 5.29. The minimum absolute atomic E-state index is 0.466. The lowest BCUT2D eigenvalue weighted by Crippen LogP contribution is -2.33. The normalized spacial score (nSPS) is 12.6. The van der Waals surface area contributed by atoms with E-state index in [-0.39, 0.29) is 0 Å². The topological polar surface area (TPSA) is 25.2 Å². The van der Waals surface area contributed by atoms with Crippen LogP contribution in [0.3, 0.4) is 0 Å². The van der Waals surface area contributed by atoms with Crippen molar-refractivity contribution in [2.75, 3.05) is 6.54 Å². The van der Waals surface area contributed by atoms with Crippen LogP contribution in [0.2, 0.25) is 0 Å². The Hall–Kier alpha value is -1.54. The molecule has 0 spiro atoms. The minimum Gasteiger partial charge on any atom is -0.472 e. The van der Waals surface area contributed by atoms with Gasteiger partial charge in [0, 0.05) is 6.04 Å². The number of aryl methyl sites for hydroxylation is 2. The Balaban J connectivity index is 2.05. The van der Waals surface area contributed by atoms with Crippen LogP contribution in [0.1, 0.15) is 35.6 Å². The summed E-state index contributed by atoms with van der Waals surface area (Å²) in [6.45, 7) is 7.61. The maximum absolute atomic E-state index is 5.18. The van der Waals surface area contributed by atoms with Crippen LogP contribution >= 0.6 is 0 Å². The molecule has 0 bridgehead atoms. The molecule has 1 unspecified atom stereocenters. The summed E-state index contributed by atoms with van der Waals surface area (Å²) in [6.07, 6.45) is 6.84. The molecular weight excluding hydrogens is 246 g/mol. The van der Waals surface area contributed by atoms with Crippen molar-refractivity contribution in [2.24, 2.45) is 0 Å². The largest absolute Gasteiger partial charge is 0.472 e. The van der Waals surface area contributed by atoms with Gasteiger partial charge in [-0.3, -0.25) is 0 Å². The average Bonchev–Trinajstić information content (AvgIpc) is 2.87. The molecule has 2 rings (SSSR count). The van der Waals surface area contributed by atoms with Crippen molar-refractivity contribution in [3.05, 3.63) is 59.0 Å². The highest BCUT2D eigenvalue weighted by atomic mass is 16.3. The van der Waals surface area contributed by atoms with Crippen LogP contribution in [0.4, 0.5) is 0 Å². The first-order valence-electron chi connectivity index (χ1n) is 7.49. The van der Waals surface area contributed by atoms with E-state index in [1.54, 1.807) is 6.26 Å². The van der Waals surface area contributed by atoms with E-state index in [0.29, 0.717) is 6.04 Å². The van der Waals surface area contributed by atoms with Crippen molar-refractivity contribution in [3.63, 3.8) is 0 Å². The average molecular weight is 271 g/mol. The molecule has 1 atom stereocenters. The van der Waals surface area contributed by atoms with E-state index in [2.05, 4.69) is 50.4 Å². The van der Waals surface area contributed by atoms with Crippen LogP contribution in [0.25, 0.3) is 0 Å². The van der Waals surface area contributed by atoms with Crippen molar-refractivity contribution in [2.45, 2.75) is 46.1 Å². The van der Waals surface area contributed by atoms with Gasteiger partial charge in [0.15, 0.2) is 0 Å². The molecule has 20 heavy (non-hydrogen) atoms. The molecule has 1 aromatic heterocycles. The molecule has 1 aromatic carbocycles.